The first-order valence-electron chi connectivity index (χ1n) is 10.7. The van der Waals surface area contributed by atoms with E-state index < -0.39 is 5.60 Å². The third kappa shape index (κ3) is 5.36. The number of halogens is 1. The molecule has 2 N–H and O–H groups in total. The van der Waals surface area contributed by atoms with Gasteiger partial charge in [0, 0.05) is 51.7 Å². The fourth-order valence-electron chi connectivity index (χ4n) is 3.99. The van der Waals surface area contributed by atoms with Crippen molar-refractivity contribution in [3.63, 3.8) is 0 Å². The van der Waals surface area contributed by atoms with E-state index in [-0.39, 0.29) is 11.7 Å². The van der Waals surface area contributed by atoms with Crippen molar-refractivity contribution in [3.05, 3.63) is 53.6 Å². The monoisotopic (exact) mass is 429 g/mol. The van der Waals surface area contributed by atoms with Crippen molar-refractivity contribution < 1.29 is 19.0 Å². The Kier molecular flexibility index (Phi) is 6.74. The molecular formula is C22H28FN5O3. The number of hydrogen-bond donors (Lipinski definition) is 2. The van der Waals surface area contributed by atoms with E-state index in [1.165, 1.54) is 12.1 Å². The van der Waals surface area contributed by atoms with Crippen LogP contribution in [0, 0.1) is 5.82 Å². The molecule has 2 aliphatic rings. The van der Waals surface area contributed by atoms with Crippen LogP contribution < -0.4 is 10.2 Å². The standard InChI is InChI=1S/C22H28FN5O3/c23-19-3-1-18(2-4-19)22(30)5-8-27(9-6-22)10-7-24-20(29)17-15-25-21(26-16-17)28-11-13-31-14-12-28/h1-4,15-16,30H,5-14H2,(H,24,29). The normalized spacial score (nSPS) is 19.2. The van der Waals surface area contributed by atoms with Gasteiger partial charge in [-0.2, -0.15) is 0 Å². The second-order valence-corrected chi connectivity index (χ2v) is 8.01. The topological polar surface area (TPSA) is 90.8 Å². The zero-order chi connectivity index (χ0) is 21.7. The van der Waals surface area contributed by atoms with E-state index >= 15 is 0 Å². The number of nitrogens with one attached hydrogen (secondary N) is 1. The fourth-order valence-corrected chi connectivity index (χ4v) is 3.99. The molecule has 166 valence electrons. The molecule has 0 bridgehead atoms. The van der Waals surface area contributed by atoms with Gasteiger partial charge in [0.1, 0.15) is 5.82 Å². The molecule has 0 unspecified atom stereocenters. The molecule has 2 saturated heterocycles. The number of hydrogen-bond acceptors (Lipinski definition) is 7. The third-order valence-electron chi connectivity index (χ3n) is 5.97. The molecule has 0 saturated carbocycles. The van der Waals surface area contributed by atoms with Crippen molar-refractivity contribution in [3.8, 4) is 0 Å². The molecule has 31 heavy (non-hydrogen) atoms. The van der Waals surface area contributed by atoms with E-state index in [2.05, 4.69) is 20.2 Å². The van der Waals surface area contributed by atoms with Crippen molar-refractivity contribution in [1.82, 2.24) is 20.2 Å². The van der Waals surface area contributed by atoms with Gasteiger partial charge in [0.05, 0.1) is 24.4 Å². The minimum Gasteiger partial charge on any atom is -0.385 e. The Bertz CT molecular complexity index is 864. The van der Waals surface area contributed by atoms with Crippen molar-refractivity contribution in [2.24, 2.45) is 0 Å². The van der Waals surface area contributed by atoms with Gasteiger partial charge in [0.2, 0.25) is 5.95 Å². The third-order valence-corrected chi connectivity index (χ3v) is 5.97. The van der Waals surface area contributed by atoms with Crippen molar-refractivity contribution in [2.75, 3.05) is 57.4 Å². The molecule has 1 amide bonds. The maximum atomic E-state index is 13.1. The fraction of sp³-hybridized carbons (Fsp3) is 0.500. The van der Waals surface area contributed by atoms with Gasteiger partial charge in [-0.15, -0.1) is 0 Å². The lowest BCUT2D eigenvalue weighted by Gasteiger charge is -2.38. The minimum absolute atomic E-state index is 0.201. The molecule has 2 aliphatic heterocycles. The highest BCUT2D eigenvalue weighted by Crippen LogP contribution is 2.32. The number of carbonyl (C=O) groups excluding carboxylic acids is 1. The molecule has 1 aromatic carbocycles. The zero-order valence-corrected chi connectivity index (χ0v) is 17.5. The summed E-state index contributed by atoms with van der Waals surface area (Å²) in [5.74, 6) is 0.108. The number of carbonyl (C=O) groups is 1. The van der Waals surface area contributed by atoms with E-state index in [0.29, 0.717) is 63.7 Å². The Labute approximate surface area is 181 Å². The highest BCUT2D eigenvalue weighted by Gasteiger charge is 2.33. The number of amides is 1. The Balaban J connectivity index is 1.21. The first kappa shape index (κ1) is 21.6. The molecular weight excluding hydrogens is 401 g/mol. The Morgan fingerprint density at radius 3 is 2.39 bits per heavy atom. The van der Waals surface area contributed by atoms with Crippen LogP contribution in [0.4, 0.5) is 10.3 Å². The largest absolute Gasteiger partial charge is 0.385 e. The molecule has 1 aromatic heterocycles. The summed E-state index contributed by atoms with van der Waals surface area (Å²) in [6, 6.07) is 6.06. The van der Waals surface area contributed by atoms with E-state index in [1.807, 2.05) is 4.90 Å². The van der Waals surface area contributed by atoms with Crippen LogP contribution in [-0.4, -0.2) is 78.4 Å². The molecule has 2 fully saturated rings. The summed E-state index contributed by atoms with van der Waals surface area (Å²) in [6.45, 7) is 5.42. The average Bonchev–Trinajstić information content (AvgIpc) is 2.81. The lowest BCUT2D eigenvalue weighted by molar-refractivity contribution is -0.0255. The minimum atomic E-state index is -0.924. The lowest BCUT2D eigenvalue weighted by atomic mass is 9.84. The molecule has 8 nitrogen and oxygen atoms in total. The average molecular weight is 429 g/mol. The quantitative estimate of drug-likeness (QED) is 0.712. The van der Waals surface area contributed by atoms with Gasteiger partial charge in [-0.25, -0.2) is 14.4 Å². The molecule has 0 radical (unpaired) electrons. The predicted molar refractivity (Wildman–Crippen MR) is 113 cm³/mol. The predicted octanol–water partition coefficient (Wildman–Crippen LogP) is 1.17. The molecule has 3 heterocycles. The molecule has 9 heteroatoms. The van der Waals surface area contributed by atoms with Crippen molar-refractivity contribution in [2.45, 2.75) is 18.4 Å². The highest BCUT2D eigenvalue weighted by atomic mass is 19.1. The summed E-state index contributed by atoms with van der Waals surface area (Å²) in [6.07, 6.45) is 4.25. The molecule has 2 aromatic rings. The number of morpholine rings is 1. The molecule has 0 spiro atoms. The SMILES string of the molecule is O=C(NCCN1CCC(O)(c2ccc(F)cc2)CC1)c1cnc(N2CCOCC2)nc1. The molecule has 0 atom stereocenters. The second kappa shape index (κ2) is 9.67. The van der Waals surface area contributed by atoms with Gasteiger partial charge in [0.25, 0.3) is 5.91 Å². The molecule has 4 rings (SSSR count). The highest BCUT2D eigenvalue weighted by molar-refractivity contribution is 5.93. The summed E-state index contributed by atoms with van der Waals surface area (Å²) < 4.78 is 18.5. The van der Waals surface area contributed by atoms with Crippen LogP contribution in [0.25, 0.3) is 0 Å². The number of aliphatic hydroxyl groups is 1. The summed E-state index contributed by atoms with van der Waals surface area (Å²) in [5, 5.41) is 13.8. The number of benzene rings is 1. The number of likely N-dealkylation sites (tertiary alicyclic amines) is 1. The molecule has 0 aliphatic carbocycles. The maximum Gasteiger partial charge on any atom is 0.254 e. The van der Waals surface area contributed by atoms with Crippen LogP contribution >= 0.6 is 0 Å². The van der Waals surface area contributed by atoms with Crippen molar-refractivity contribution in [1.29, 1.82) is 0 Å². The van der Waals surface area contributed by atoms with Crippen LogP contribution in [0.2, 0.25) is 0 Å². The van der Waals surface area contributed by atoms with Gasteiger partial charge in [-0.3, -0.25) is 4.79 Å². The van der Waals surface area contributed by atoms with Crippen LogP contribution in [0.3, 0.4) is 0 Å². The van der Waals surface area contributed by atoms with E-state index in [0.717, 1.165) is 18.7 Å². The Morgan fingerprint density at radius 1 is 1.10 bits per heavy atom. The summed E-state index contributed by atoms with van der Waals surface area (Å²) in [7, 11) is 0. The number of aromatic nitrogens is 2. The number of rotatable bonds is 6. The Morgan fingerprint density at radius 2 is 1.74 bits per heavy atom. The van der Waals surface area contributed by atoms with Crippen LogP contribution in [-0.2, 0) is 10.3 Å². The lowest BCUT2D eigenvalue weighted by Crippen LogP contribution is -2.45. The first-order valence-corrected chi connectivity index (χ1v) is 10.7. The van der Waals surface area contributed by atoms with Crippen LogP contribution in [0.15, 0.2) is 36.7 Å². The number of anilines is 1. The first-order chi connectivity index (χ1) is 15.0. The van der Waals surface area contributed by atoms with Crippen LogP contribution in [0.1, 0.15) is 28.8 Å². The maximum absolute atomic E-state index is 13.1. The summed E-state index contributed by atoms with van der Waals surface area (Å²) in [5.41, 5.74) is 0.260. The van der Waals surface area contributed by atoms with Gasteiger partial charge < -0.3 is 25.0 Å². The summed E-state index contributed by atoms with van der Waals surface area (Å²) >= 11 is 0. The zero-order valence-electron chi connectivity index (χ0n) is 17.5. The van der Waals surface area contributed by atoms with Crippen LogP contribution in [0.5, 0.6) is 0 Å². The van der Waals surface area contributed by atoms with E-state index in [1.54, 1.807) is 24.5 Å². The van der Waals surface area contributed by atoms with Gasteiger partial charge in [0.15, 0.2) is 0 Å². The Hall–Kier alpha value is -2.62. The number of ether oxygens (including phenoxy) is 1. The van der Waals surface area contributed by atoms with Gasteiger partial charge >= 0.3 is 0 Å². The van der Waals surface area contributed by atoms with Gasteiger partial charge in [-0.05, 0) is 30.5 Å². The van der Waals surface area contributed by atoms with Crippen molar-refractivity contribution >= 4 is 11.9 Å². The second-order valence-electron chi connectivity index (χ2n) is 8.01. The summed E-state index contributed by atoms with van der Waals surface area (Å²) in [4.78, 5) is 25.2. The van der Waals surface area contributed by atoms with E-state index in [4.69, 9.17) is 4.74 Å². The van der Waals surface area contributed by atoms with Gasteiger partial charge in [-0.1, -0.05) is 12.1 Å². The smallest absolute Gasteiger partial charge is 0.254 e. The van der Waals surface area contributed by atoms with E-state index in [9.17, 15) is 14.3 Å². The number of piperidine rings is 1. The number of nitrogens with zero attached hydrogens (tertiary/aromatic N) is 4.